The molecule has 1 aliphatic heterocycles. The highest BCUT2D eigenvalue weighted by atomic mass is 32.2. The van der Waals surface area contributed by atoms with Gasteiger partial charge in [-0.15, -0.1) is 11.8 Å². The van der Waals surface area contributed by atoms with Crippen LogP contribution in [0.25, 0.3) is 0 Å². The number of hydrogen-bond acceptors (Lipinski definition) is 4. The average Bonchev–Trinajstić information content (AvgIpc) is 2.88. The van der Waals surface area contributed by atoms with Crippen molar-refractivity contribution in [2.75, 3.05) is 19.5 Å². The van der Waals surface area contributed by atoms with E-state index in [4.69, 9.17) is 15.2 Å². The third-order valence-electron chi connectivity index (χ3n) is 2.96. The Morgan fingerprint density at radius 2 is 2.41 bits per heavy atom. The van der Waals surface area contributed by atoms with Gasteiger partial charge in [-0.1, -0.05) is 6.07 Å². The van der Waals surface area contributed by atoms with Crippen LogP contribution in [-0.2, 0) is 11.3 Å². The summed E-state index contributed by atoms with van der Waals surface area (Å²) in [6.07, 6.45) is 4.54. The van der Waals surface area contributed by atoms with Crippen molar-refractivity contribution in [1.82, 2.24) is 0 Å². The zero-order chi connectivity index (χ0) is 12.1. The third-order valence-corrected chi connectivity index (χ3v) is 3.79. The molecule has 0 amide bonds. The van der Waals surface area contributed by atoms with E-state index in [1.807, 2.05) is 12.1 Å². The van der Waals surface area contributed by atoms with E-state index >= 15 is 0 Å². The quantitative estimate of drug-likeness (QED) is 0.819. The molecule has 3 nitrogen and oxygen atoms in total. The molecule has 1 unspecified atom stereocenters. The molecule has 1 heterocycles. The van der Waals surface area contributed by atoms with Crippen LogP contribution in [0.15, 0.2) is 23.1 Å². The summed E-state index contributed by atoms with van der Waals surface area (Å²) < 4.78 is 11.4. The van der Waals surface area contributed by atoms with Gasteiger partial charge in [0.25, 0.3) is 0 Å². The number of hydrogen-bond donors (Lipinski definition) is 1. The second-order valence-electron chi connectivity index (χ2n) is 4.09. The fourth-order valence-electron chi connectivity index (χ4n) is 2.03. The molecule has 0 spiro atoms. The van der Waals surface area contributed by atoms with Crippen molar-refractivity contribution in [1.29, 1.82) is 0 Å². The lowest BCUT2D eigenvalue weighted by atomic mass is 10.2. The lowest BCUT2D eigenvalue weighted by Crippen LogP contribution is -2.17. The average molecular weight is 253 g/mol. The first-order chi connectivity index (χ1) is 8.35. The highest BCUT2D eigenvalue weighted by Crippen LogP contribution is 2.28. The van der Waals surface area contributed by atoms with Gasteiger partial charge in [-0.3, -0.25) is 0 Å². The second-order valence-corrected chi connectivity index (χ2v) is 4.94. The van der Waals surface area contributed by atoms with Crippen LogP contribution in [0.4, 0.5) is 0 Å². The molecule has 1 saturated heterocycles. The number of benzene rings is 1. The lowest BCUT2D eigenvalue weighted by molar-refractivity contribution is 0.0675. The maximum atomic E-state index is 5.84. The summed E-state index contributed by atoms with van der Waals surface area (Å²) in [5.41, 5.74) is 6.88. The van der Waals surface area contributed by atoms with Gasteiger partial charge < -0.3 is 15.2 Å². The Labute approximate surface area is 107 Å². The van der Waals surface area contributed by atoms with Crippen molar-refractivity contribution >= 4 is 11.8 Å². The molecule has 1 atom stereocenters. The maximum absolute atomic E-state index is 5.84. The molecule has 2 rings (SSSR count). The molecule has 1 aromatic carbocycles. The fourth-order valence-corrected chi connectivity index (χ4v) is 2.68. The predicted molar refractivity (Wildman–Crippen MR) is 70.6 cm³/mol. The third kappa shape index (κ3) is 3.15. The molecule has 4 heteroatoms. The minimum Gasteiger partial charge on any atom is -0.491 e. The zero-order valence-corrected chi connectivity index (χ0v) is 11.0. The van der Waals surface area contributed by atoms with Crippen LogP contribution >= 0.6 is 11.8 Å². The molecular formula is C13H19NO2S. The Morgan fingerprint density at radius 3 is 3.06 bits per heavy atom. The first-order valence-electron chi connectivity index (χ1n) is 5.95. The summed E-state index contributed by atoms with van der Waals surface area (Å²) in [4.78, 5) is 1.19. The molecule has 1 aliphatic rings. The van der Waals surface area contributed by atoms with Gasteiger partial charge in [-0.25, -0.2) is 0 Å². The van der Waals surface area contributed by atoms with Gasteiger partial charge in [0.2, 0.25) is 0 Å². The molecule has 0 bridgehead atoms. The zero-order valence-electron chi connectivity index (χ0n) is 10.1. The van der Waals surface area contributed by atoms with E-state index < -0.39 is 0 Å². The van der Waals surface area contributed by atoms with Gasteiger partial charge in [-0.05, 0) is 31.2 Å². The minimum absolute atomic E-state index is 0.249. The van der Waals surface area contributed by atoms with E-state index in [0.29, 0.717) is 13.2 Å². The number of rotatable bonds is 5. The summed E-state index contributed by atoms with van der Waals surface area (Å²) in [5.74, 6) is 0.898. The molecular weight excluding hydrogens is 234 g/mol. The molecule has 94 valence electrons. The van der Waals surface area contributed by atoms with Gasteiger partial charge in [0.15, 0.2) is 0 Å². The lowest BCUT2D eigenvalue weighted by Gasteiger charge is -2.15. The van der Waals surface area contributed by atoms with Gasteiger partial charge in [0.1, 0.15) is 12.4 Å². The van der Waals surface area contributed by atoms with Crippen LogP contribution in [-0.4, -0.2) is 25.6 Å². The van der Waals surface area contributed by atoms with E-state index in [-0.39, 0.29) is 6.10 Å². The number of nitrogens with two attached hydrogens (primary N) is 1. The Kier molecular flexibility index (Phi) is 4.71. The monoisotopic (exact) mass is 253 g/mol. The van der Waals surface area contributed by atoms with Crippen LogP contribution in [0.1, 0.15) is 18.4 Å². The molecule has 0 aromatic heterocycles. The Hall–Kier alpha value is -0.710. The Morgan fingerprint density at radius 1 is 1.53 bits per heavy atom. The van der Waals surface area contributed by atoms with Crippen molar-refractivity contribution in [2.45, 2.75) is 30.4 Å². The van der Waals surface area contributed by atoms with Crippen molar-refractivity contribution in [2.24, 2.45) is 5.73 Å². The van der Waals surface area contributed by atoms with Crippen LogP contribution in [0.3, 0.4) is 0 Å². The SMILES string of the molecule is CSc1cccc(OCC2CCCO2)c1CN. The highest BCUT2D eigenvalue weighted by molar-refractivity contribution is 7.98. The van der Waals surface area contributed by atoms with Gasteiger partial charge in [-0.2, -0.15) is 0 Å². The molecule has 17 heavy (non-hydrogen) atoms. The number of ether oxygens (including phenoxy) is 2. The van der Waals surface area contributed by atoms with Crippen LogP contribution in [0, 0.1) is 0 Å². The van der Waals surface area contributed by atoms with Crippen LogP contribution in [0.2, 0.25) is 0 Å². The molecule has 1 aromatic rings. The standard InChI is InChI=1S/C13H19NO2S/c1-17-13-6-2-5-12(11(13)8-14)16-9-10-4-3-7-15-10/h2,5-6,10H,3-4,7-9,14H2,1H3. The number of thioether (sulfide) groups is 1. The van der Waals surface area contributed by atoms with E-state index in [1.165, 1.54) is 4.90 Å². The van der Waals surface area contributed by atoms with Crippen molar-refractivity contribution < 1.29 is 9.47 Å². The minimum atomic E-state index is 0.249. The van der Waals surface area contributed by atoms with Gasteiger partial charge in [0, 0.05) is 23.6 Å². The van der Waals surface area contributed by atoms with Crippen molar-refractivity contribution in [3.8, 4) is 5.75 Å². The van der Waals surface area contributed by atoms with Crippen LogP contribution < -0.4 is 10.5 Å². The normalized spacial score (nSPS) is 19.5. The van der Waals surface area contributed by atoms with E-state index in [1.54, 1.807) is 11.8 Å². The smallest absolute Gasteiger partial charge is 0.125 e. The molecule has 0 aliphatic carbocycles. The topological polar surface area (TPSA) is 44.5 Å². The summed E-state index contributed by atoms with van der Waals surface area (Å²) in [6, 6.07) is 6.07. The predicted octanol–water partition coefficient (Wildman–Crippen LogP) is 2.43. The molecule has 1 fully saturated rings. The first-order valence-corrected chi connectivity index (χ1v) is 7.18. The van der Waals surface area contributed by atoms with Crippen LogP contribution in [0.5, 0.6) is 5.75 Å². The molecule has 0 saturated carbocycles. The first kappa shape index (κ1) is 12.7. The Bertz CT molecular complexity index is 364. The highest BCUT2D eigenvalue weighted by Gasteiger charge is 2.17. The van der Waals surface area contributed by atoms with E-state index in [9.17, 15) is 0 Å². The van der Waals surface area contributed by atoms with E-state index in [2.05, 4.69) is 12.3 Å². The summed E-state index contributed by atoms with van der Waals surface area (Å²) in [5, 5.41) is 0. The second kappa shape index (κ2) is 6.28. The summed E-state index contributed by atoms with van der Waals surface area (Å²) in [6.45, 7) is 2.01. The van der Waals surface area contributed by atoms with Gasteiger partial charge in [0.05, 0.1) is 6.10 Å². The van der Waals surface area contributed by atoms with Gasteiger partial charge >= 0.3 is 0 Å². The van der Waals surface area contributed by atoms with Crippen molar-refractivity contribution in [3.63, 3.8) is 0 Å². The van der Waals surface area contributed by atoms with E-state index in [0.717, 1.165) is 30.8 Å². The summed E-state index contributed by atoms with van der Waals surface area (Å²) in [7, 11) is 0. The van der Waals surface area contributed by atoms with Crippen molar-refractivity contribution in [3.05, 3.63) is 23.8 Å². The summed E-state index contributed by atoms with van der Waals surface area (Å²) >= 11 is 1.70. The maximum Gasteiger partial charge on any atom is 0.125 e. The molecule has 2 N–H and O–H groups in total. The fraction of sp³-hybridized carbons (Fsp3) is 0.538. The Balaban J connectivity index is 2.03. The largest absolute Gasteiger partial charge is 0.491 e. The molecule has 0 radical (unpaired) electrons.